The summed E-state index contributed by atoms with van der Waals surface area (Å²) in [6.07, 6.45) is 0.734. The molecule has 2 rings (SSSR count). The van der Waals surface area contributed by atoms with Crippen LogP contribution in [0.3, 0.4) is 0 Å². The van der Waals surface area contributed by atoms with Gasteiger partial charge in [-0.05, 0) is 25.2 Å². The summed E-state index contributed by atoms with van der Waals surface area (Å²) in [6, 6.07) is 6.66. The number of hydrogen-bond donors (Lipinski definition) is 0. The Hall–Kier alpha value is -1.60. The smallest absolute Gasteiger partial charge is 0.123 e. The van der Waals surface area contributed by atoms with E-state index >= 15 is 0 Å². The van der Waals surface area contributed by atoms with Crippen LogP contribution in [-0.2, 0) is 6.42 Å². The number of rotatable bonds is 3. The van der Waals surface area contributed by atoms with Crippen LogP contribution in [0.15, 0.2) is 18.2 Å². The summed E-state index contributed by atoms with van der Waals surface area (Å²) >= 11 is 0. The fourth-order valence-corrected chi connectivity index (χ4v) is 1.92. The van der Waals surface area contributed by atoms with E-state index in [1.165, 1.54) is 12.1 Å². The average Bonchev–Trinajstić information content (AvgIpc) is 2.59. The van der Waals surface area contributed by atoms with Gasteiger partial charge in [-0.1, -0.05) is 0 Å². The molecule has 0 saturated carbocycles. The Labute approximate surface area is 94.0 Å². The Balaban J connectivity index is 1.98. The highest BCUT2D eigenvalue weighted by Gasteiger charge is 2.24. The number of hydrogen-bond acceptors (Lipinski definition) is 3. The second-order valence-electron chi connectivity index (χ2n) is 4.05. The largest absolute Gasteiger partial charge is 0.488 e. The third kappa shape index (κ3) is 2.31. The molecule has 0 aromatic heterocycles. The first-order chi connectivity index (χ1) is 7.69. The number of ether oxygens (including phenoxy) is 1. The van der Waals surface area contributed by atoms with Gasteiger partial charge in [0, 0.05) is 18.5 Å². The van der Waals surface area contributed by atoms with Crippen LogP contribution in [-0.4, -0.2) is 31.1 Å². The zero-order chi connectivity index (χ0) is 11.5. The molecule has 1 aromatic carbocycles. The first-order valence-corrected chi connectivity index (χ1v) is 5.19. The van der Waals surface area contributed by atoms with Crippen LogP contribution >= 0.6 is 0 Å². The number of nitriles is 1. The fourth-order valence-electron chi connectivity index (χ4n) is 1.92. The van der Waals surface area contributed by atoms with E-state index in [2.05, 4.69) is 6.07 Å². The van der Waals surface area contributed by atoms with Crippen LogP contribution in [0.4, 0.5) is 4.39 Å². The van der Waals surface area contributed by atoms with E-state index in [0.29, 0.717) is 19.5 Å². The van der Waals surface area contributed by atoms with E-state index in [-0.39, 0.29) is 11.9 Å². The maximum absolute atomic E-state index is 13.0. The van der Waals surface area contributed by atoms with Crippen molar-refractivity contribution in [2.45, 2.75) is 12.5 Å². The molecule has 0 N–H and O–H groups in total. The van der Waals surface area contributed by atoms with Gasteiger partial charge < -0.3 is 4.74 Å². The lowest BCUT2D eigenvalue weighted by atomic mass is 10.1. The van der Waals surface area contributed by atoms with Gasteiger partial charge in [0.2, 0.25) is 0 Å². The summed E-state index contributed by atoms with van der Waals surface area (Å²) in [5.41, 5.74) is 0.912. The second kappa shape index (κ2) is 4.50. The standard InChI is InChI=1S/C12H13FN2O/c1-15(5-4-14)8-11-7-9-6-10(13)2-3-12(9)16-11/h2-3,6,11H,5,7-8H2,1H3. The molecule has 1 aromatic rings. The molecule has 1 atom stereocenters. The monoisotopic (exact) mass is 220 g/mol. The lowest BCUT2D eigenvalue weighted by Gasteiger charge is -2.17. The highest BCUT2D eigenvalue weighted by Crippen LogP contribution is 2.29. The molecule has 1 unspecified atom stereocenters. The third-order valence-corrected chi connectivity index (χ3v) is 2.62. The zero-order valence-corrected chi connectivity index (χ0v) is 9.11. The molecule has 0 amide bonds. The van der Waals surface area contributed by atoms with Crippen molar-refractivity contribution in [3.8, 4) is 11.8 Å². The Morgan fingerprint density at radius 1 is 1.62 bits per heavy atom. The molecule has 0 spiro atoms. The van der Waals surface area contributed by atoms with E-state index in [1.807, 2.05) is 11.9 Å². The molecule has 1 aliphatic heterocycles. The first-order valence-electron chi connectivity index (χ1n) is 5.19. The molecular formula is C12H13FN2O. The van der Waals surface area contributed by atoms with Crippen molar-refractivity contribution in [1.29, 1.82) is 5.26 Å². The number of nitrogens with zero attached hydrogens (tertiary/aromatic N) is 2. The SMILES string of the molecule is CN(CC#N)CC1Cc2cc(F)ccc2O1. The van der Waals surface area contributed by atoms with E-state index in [9.17, 15) is 4.39 Å². The molecule has 84 valence electrons. The Kier molecular flexibility index (Phi) is 3.07. The highest BCUT2D eigenvalue weighted by atomic mass is 19.1. The molecule has 16 heavy (non-hydrogen) atoms. The molecule has 1 heterocycles. The minimum Gasteiger partial charge on any atom is -0.488 e. The fraction of sp³-hybridized carbons (Fsp3) is 0.417. The van der Waals surface area contributed by atoms with Crippen molar-refractivity contribution in [1.82, 2.24) is 4.90 Å². The van der Waals surface area contributed by atoms with Crippen LogP contribution in [0.2, 0.25) is 0 Å². The van der Waals surface area contributed by atoms with Crippen LogP contribution in [0.5, 0.6) is 5.75 Å². The van der Waals surface area contributed by atoms with Gasteiger partial charge in [0.15, 0.2) is 0 Å². The molecule has 0 saturated heterocycles. The summed E-state index contributed by atoms with van der Waals surface area (Å²) in [7, 11) is 1.87. The minimum atomic E-state index is -0.228. The van der Waals surface area contributed by atoms with Crippen molar-refractivity contribution in [3.63, 3.8) is 0 Å². The topological polar surface area (TPSA) is 36.3 Å². The van der Waals surface area contributed by atoms with Crippen molar-refractivity contribution in [2.24, 2.45) is 0 Å². The number of benzene rings is 1. The summed E-state index contributed by atoms with van der Waals surface area (Å²) in [4.78, 5) is 1.90. The Morgan fingerprint density at radius 3 is 3.19 bits per heavy atom. The molecular weight excluding hydrogens is 207 g/mol. The van der Waals surface area contributed by atoms with Crippen LogP contribution in [0, 0.1) is 17.1 Å². The van der Waals surface area contributed by atoms with Gasteiger partial charge in [0.05, 0.1) is 12.6 Å². The molecule has 0 aliphatic carbocycles. The van der Waals surface area contributed by atoms with Crippen molar-refractivity contribution >= 4 is 0 Å². The van der Waals surface area contributed by atoms with Gasteiger partial charge in [-0.25, -0.2) is 4.39 Å². The third-order valence-electron chi connectivity index (χ3n) is 2.62. The van der Waals surface area contributed by atoms with Crippen LogP contribution < -0.4 is 4.74 Å². The van der Waals surface area contributed by atoms with Gasteiger partial charge in [-0.2, -0.15) is 5.26 Å². The van der Waals surface area contributed by atoms with Gasteiger partial charge in [-0.15, -0.1) is 0 Å². The predicted molar refractivity (Wildman–Crippen MR) is 57.6 cm³/mol. The Morgan fingerprint density at radius 2 is 2.44 bits per heavy atom. The lowest BCUT2D eigenvalue weighted by Crippen LogP contribution is -2.32. The van der Waals surface area contributed by atoms with Gasteiger partial charge in [-0.3, -0.25) is 4.90 Å². The van der Waals surface area contributed by atoms with E-state index in [1.54, 1.807) is 6.07 Å². The molecule has 0 bridgehead atoms. The maximum atomic E-state index is 13.0. The van der Waals surface area contributed by atoms with E-state index in [0.717, 1.165) is 11.3 Å². The van der Waals surface area contributed by atoms with Gasteiger partial charge >= 0.3 is 0 Å². The van der Waals surface area contributed by atoms with Gasteiger partial charge in [0.25, 0.3) is 0 Å². The van der Waals surface area contributed by atoms with Crippen LogP contribution in [0.1, 0.15) is 5.56 Å². The maximum Gasteiger partial charge on any atom is 0.123 e. The normalized spacial score (nSPS) is 18.0. The number of halogens is 1. The number of fused-ring (bicyclic) bond motifs is 1. The van der Waals surface area contributed by atoms with E-state index < -0.39 is 0 Å². The molecule has 1 aliphatic rings. The number of likely N-dealkylation sites (N-methyl/N-ethyl adjacent to an activating group) is 1. The summed E-state index contributed by atoms with van der Waals surface area (Å²) in [5, 5.41) is 8.54. The summed E-state index contributed by atoms with van der Waals surface area (Å²) < 4.78 is 18.6. The Bertz CT molecular complexity index is 428. The molecule has 0 radical (unpaired) electrons. The van der Waals surface area contributed by atoms with Crippen molar-refractivity contribution in [3.05, 3.63) is 29.6 Å². The van der Waals surface area contributed by atoms with Crippen molar-refractivity contribution in [2.75, 3.05) is 20.1 Å². The lowest BCUT2D eigenvalue weighted by molar-refractivity contribution is 0.177. The van der Waals surface area contributed by atoms with Gasteiger partial charge in [0.1, 0.15) is 17.7 Å². The zero-order valence-electron chi connectivity index (χ0n) is 9.11. The predicted octanol–water partition coefficient (Wildman–Crippen LogP) is 1.58. The second-order valence-corrected chi connectivity index (χ2v) is 4.05. The molecule has 3 nitrogen and oxygen atoms in total. The summed E-state index contributed by atoms with van der Waals surface area (Å²) in [6.45, 7) is 1.06. The minimum absolute atomic E-state index is 0.0233. The first kappa shape index (κ1) is 10.9. The quantitative estimate of drug-likeness (QED) is 0.726. The van der Waals surface area contributed by atoms with Crippen molar-refractivity contribution < 1.29 is 9.13 Å². The average molecular weight is 220 g/mol. The molecule has 4 heteroatoms. The van der Waals surface area contributed by atoms with Crippen LogP contribution in [0.25, 0.3) is 0 Å². The highest BCUT2D eigenvalue weighted by molar-refractivity contribution is 5.37. The molecule has 0 fully saturated rings. The summed E-state index contributed by atoms with van der Waals surface area (Å²) in [5.74, 6) is 0.533. The van der Waals surface area contributed by atoms with E-state index in [4.69, 9.17) is 10.00 Å².